The number of nitrogens with zero attached hydrogens (tertiary/aromatic N) is 4. The van der Waals surface area contributed by atoms with Crippen LogP contribution in [0.1, 0.15) is 16.8 Å². The van der Waals surface area contributed by atoms with E-state index in [1.807, 2.05) is 17.5 Å². The van der Waals surface area contributed by atoms with Crippen molar-refractivity contribution in [1.29, 1.82) is 0 Å². The molecule has 0 aliphatic carbocycles. The zero-order valence-corrected chi connectivity index (χ0v) is 13.5. The molecule has 0 bridgehead atoms. The number of carbonyl (C=O) groups is 1. The van der Waals surface area contributed by atoms with E-state index in [-0.39, 0.29) is 12.3 Å². The molecule has 0 unspecified atom stereocenters. The van der Waals surface area contributed by atoms with Crippen LogP contribution in [0.4, 0.5) is 0 Å². The zero-order chi connectivity index (χ0) is 16.4. The van der Waals surface area contributed by atoms with Crippen LogP contribution in [0.15, 0.2) is 35.7 Å². The Bertz CT molecular complexity index is 860. The third-order valence-electron chi connectivity index (χ3n) is 3.55. The number of hydrogen-bond acceptors (Lipinski definition) is 7. The van der Waals surface area contributed by atoms with E-state index in [4.69, 9.17) is 9.47 Å². The number of tetrazole rings is 1. The van der Waals surface area contributed by atoms with Crippen molar-refractivity contribution < 1.29 is 14.3 Å². The van der Waals surface area contributed by atoms with Crippen molar-refractivity contribution in [1.82, 2.24) is 20.2 Å². The lowest BCUT2D eigenvalue weighted by atomic mass is 10.1. The number of rotatable bonds is 4. The molecular weight excluding hydrogens is 328 g/mol. The topological polar surface area (TPSA) is 79.1 Å². The summed E-state index contributed by atoms with van der Waals surface area (Å²) in [5.74, 6) is 1.68. The number of benzene rings is 1. The van der Waals surface area contributed by atoms with Gasteiger partial charge in [0, 0.05) is 12.0 Å². The van der Waals surface area contributed by atoms with E-state index in [0.717, 1.165) is 11.3 Å². The Balaban J connectivity index is 1.51. The maximum Gasteiger partial charge on any atom is 0.214 e. The van der Waals surface area contributed by atoms with Crippen molar-refractivity contribution in [3.63, 3.8) is 0 Å². The molecule has 0 saturated heterocycles. The number of ketones is 1. The van der Waals surface area contributed by atoms with E-state index >= 15 is 0 Å². The standard InChI is InChI=1S/C16H14N4O3S/c21-12(10-20-18-16(17-19-20)15-3-1-8-24-15)11-4-5-13-14(9-11)23-7-2-6-22-13/h1,3-5,8-9H,2,6-7,10H2. The predicted molar refractivity (Wildman–Crippen MR) is 87.5 cm³/mol. The fourth-order valence-corrected chi connectivity index (χ4v) is 3.02. The van der Waals surface area contributed by atoms with Gasteiger partial charge in [-0.15, -0.1) is 21.5 Å². The van der Waals surface area contributed by atoms with Crippen LogP contribution in [0.3, 0.4) is 0 Å². The molecule has 8 heteroatoms. The van der Waals surface area contributed by atoms with Crippen molar-refractivity contribution in [2.45, 2.75) is 13.0 Å². The summed E-state index contributed by atoms with van der Waals surface area (Å²) in [5, 5.41) is 14.1. The number of aromatic nitrogens is 4. The van der Waals surface area contributed by atoms with Crippen molar-refractivity contribution in [2.24, 2.45) is 0 Å². The summed E-state index contributed by atoms with van der Waals surface area (Å²) in [5.41, 5.74) is 0.536. The average molecular weight is 342 g/mol. The van der Waals surface area contributed by atoms with E-state index in [0.29, 0.717) is 36.1 Å². The highest BCUT2D eigenvalue weighted by Crippen LogP contribution is 2.30. The Morgan fingerprint density at radius 2 is 2.08 bits per heavy atom. The summed E-state index contributed by atoms with van der Waals surface area (Å²) in [6.45, 7) is 1.23. The SMILES string of the molecule is O=C(Cn1nnc(-c2cccs2)n1)c1ccc2c(c1)OCCCO2. The number of ether oxygens (including phenoxy) is 2. The molecule has 122 valence electrons. The van der Waals surface area contributed by atoms with Gasteiger partial charge >= 0.3 is 0 Å². The molecule has 0 N–H and O–H groups in total. The van der Waals surface area contributed by atoms with Crippen LogP contribution in [0.2, 0.25) is 0 Å². The number of fused-ring (bicyclic) bond motifs is 1. The van der Waals surface area contributed by atoms with Gasteiger partial charge in [-0.3, -0.25) is 4.79 Å². The van der Waals surface area contributed by atoms with Crippen LogP contribution in [0.5, 0.6) is 11.5 Å². The molecule has 2 aromatic heterocycles. The van der Waals surface area contributed by atoms with Gasteiger partial charge in [0.05, 0.1) is 18.1 Å². The third kappa shape index (κ3) is 3.00. The van der Waals surface area contributed by atoms with Crippen LogP contribution in [0, 0.1) is 0 Å². The normalized spacial score (nSPS) is 13.5. The van der Waals surface area contributed by atoms with Gasteiger partial charge in [0.25, 0.3) is 0 Å². The second-order valence-corrected chi connectivity index (χ2v) is 6.20. The Kier molecular flexibility index (Phi) is 3.96. The number of Topliss-reactive ketones (excluding diaryl/α,β-unsaturated/α-hetero) is 1. The van der Waals surface area contributed by atoms with E-state index in [1.54, 1.807) is 18.2 Å². The molecule has 0 atom stereocenters. The van der Waals surface area contributed by atoms with Crippen LogP contribution in [-0.2, 0) is 6.54 Å². The molecule has 24 heavy (non-hydrogen) atoms. The highest BCUT2D eigenvalue weighted by molar-refractivity contribution is 7.13. The van der Waals surface area contributed by atoms with Crippen molar-refractivity contribution in [3.05, 3.63) is 41.3 Å². The van der Waals surface area contributed by atoms with Gasteiger partial charge in [-0.05, 0) is 34.9 Å². The van der Waals surface area contributed by atoms with Gasteiger partial charge in [0.2, 0.25) is 5.82 Å². The molecule has 3 heterocycles. The van der Waals surface area contributed by atoms with Crippen LogP contribution < -0.4 is 9.47 Å². The molecule has 0 amide bonds. The van der Waals surface area contributed by atoms with Crippen LogP contribution >= 0.6 is 11.3 Å². The number of carbonyl (C=O) groups excluding carboxylic acids is 1. The number of thiophene rings is 1. The van der Waals surface area contributed by atoms with Gasteiger partial charge in [-0.2, -0.15) is 4.80 Å². The summed E-state index contributed by atoms with van der Waals surface area (Å²) in [6, 6.07) is 9.04. The largest absolute Gasteiger partial charge is 0.490 e. The number of hydrogen-bond donors (Lipinski definition) is 0. The first kappa shape index (κ1) is 14.8. The average Bonchev–Trinajstić information content (AvgIpc) is 3.22. The quantitative estimate of drug-likeness (QED) is 0.678. The molecule has 4 rings (SSSR count). The highest BCUT2D eigenvalue weighted by Gasteiger charge is 2.16. The molecule has 0 saturated carbocycles. The molecular formula is C16H14N4O3S. The van der Waals surface area contributed by atoms with E-state index in [9.17, 15) is 4.79 Å². The Hall–Kier alpha value is -2.74. The second-order valence-electron chi connectivity index (χ2n) is 5.26. The summed E-state index contributed by atoms with van der Waals surface area (Å²) >= 11 is 1.53. The van der Waals surface area contributed by atoms with E-state index in [2.05, 4.69) is 15.4 Å². The summed E-state index contributed by atoms with van der Waals surface area (Å²) in [7, 11) is 0. The molecule has 1 aliphatic rings. The lowest BCUT2D eigenvalue weighted by molar-refractivity contribution is 0.0961. The van der Waals surface area contributed by atoms with Gasteiger partial charge in [-0.25, -0.2) is 0 Å². The smallest absolute Gasteiger partial charge is 0.214 e. The van der Waals surface area contributed by atoms with E-state index in [1.165, 1.54) is 16.1 Å². The lowest BCUT2D eigenvalue weighted by Gasteiger charge is -2.08. The van der Waals surface area contributed by atoms with Crippen molar-refractivity contribution in [2.75, 3.05) is 13.2 Å². The second kappa shape index (κ2) is 6.40. The molecule has 7 nitrogen and oxygen atoms in total. The van der Waals surface area contributed by atoms with Crippen molar-refractivity contribution in [3.8, 4) is 22.2 Å². The van der Waals surface area contributed by atoms with Gasteiger partial charge in [0.15, 0.2) is 17.3 Å². The summed E-state index contributed by atoms with van der Waals surface area (Å²) in [4.78, 5) is 14.7. The van der Waals surface area contributed by atoms with Crippen LogP contribution in [-0.4, -0.2) is 39.2 Å². The van der Waals surface area contributed by atoms with E-state index < -0.39 is 0 Å². The maximum atomic E-state index is 12.5. The fraction of sp³-hybridized carbons (Fsp3) is 0.250. The lowest BCUT2D eigenvalue weighted by Crippen LogP contribution is -2.13. The molecule has 0 radical (unpaired) electrons. The zero-order valence-electron chi connectivity index (χ0n) is 12.7. The molecule has 1 aromatic carbocycles. The predicted octanol–water partition coefficient (Wildman–Crippen LogP) is 2.45. The first-order valence-electron chi connectivity index (χ1n) is 7.54. The minimum absolute atomic E-state index is 0.0258. The fourth-order valence-electron chi connectivity index (χ4n) is 2.37. The van der Waals surface area contributed by atoms with Crippen LogP contribution in [0.25, 0.3) is 10.7 Å². The Labute approximate surface area is 141 Å². The third-order valence-corrected chi connectivity index (χ3v) is 4.41. The molecule has 0 spiro atoms. The Morgan fingerprint density at radius 3 is 2.92 bits per heavy atom. The summed E-state index contributed by atoms with van der Waals surface area (Å²) in [6.07, 6.45) is 0.826. The molecule has 3 aromatic rings. The first-order valence-corrected chi connectivity index (χ1v) is 8.42. The van der Waals surface area contributed by atoms with Gasteiger partial charge in [0.1, 0.15) is 6.54 Å². The summed E-state index contributed by atoms with van der Waals surface area (Å²) < 4.78 is 11.2. The first-order chi connectivity index (χ1) is 11.8. The highest BCUT2D eigenvalue weighted by atomic mass is 32.1. The van der Waals surface area contributed by atoms with Gasteiger partial charge in [-0.1, -0.05) is 6.07 Å². The Morgan fingerprint density at radius 1 is 1.21 bits per heavy atom. The maximum absolute atomic E-state index is 12.5. The minimum atomic E-state index is -0.110. The monoisotopic (exact) mass is 342 g/mol. The van der Waals surface area contributed by atoms with Gasteiger partial charge < -0.3 is 9.47 Å². The minimum Gasteiger partial charge on any atom is -0.490 e. The molecule has 0 fully saturated rings. The molecule has 1 aliphatic heterocycles. The van der Waals surface area contributed by atoms with Crippen molar-refractivity contribution >= 4 is 17.1 Å².